The van der Waals surface area contributed by atoms with Gasteiger partial charge in [-0.15, -0.1) is 0 Å². The van der Waals surface area contributed by atoms with Crippen molar-refractivity contribution in [3.8, 4) is 66.8 Å². The molecule has 1 heterocycles. The van der Waals surface area contributed by atoms with Gasteiger partial charge in [0.25, 0.3) is 0 Å². The van der Waals surface area contributed by atoms with Gasteiger partial charge < -0.3 is 4.42 Å². The maximum Gasteiger partial charge on any atom is 0.135 e. The summed E-state index contributed by atoms with van der Waals surface area (Å²) in [5, 5.41) is 19.6. The molecule has 0 bridgehead atoms. The summed E-state index contributed by atoms with van der Waals surface area (Å²) in [4.78, 5) is 0. The van der Waals surface area contributed by atoms with Gasteiger partial charge in [-0.3, -0.25) is 0 Å². The Bertz CT molecular complexity index is 4980. The molecule has 1 aromatic heterocycles. The fourth-order valence-electron chi connectivity index (χ4n) is 12.9. The van der Waals surface area contributed by atoms with E-state index in [0.29, 0.717) is 0 Å². The van der Waals surface area contributed by atoms with Crippen molar-refractivity contribution in [3.63, 3.8) is 0 Å². The highest BCUT2D eigenvalue weighted by atomic mass is 16.3. The van der Waals surface area contributed by atoms with Crippen molar-refractivity contribution in [2.45, 2.75) is 0 Å². The summed E-state index contributed by atoms with van der Waals surface area (Å²) in [7, 11) is 0. The molecule has 0 atom stereocenters. The van der Waals surface area contributed by atoms with E-state index in [1.54, 1.807) is 0 Å². The van der Waals surface area contributed by atoms with Crippen LogP contribution >= 0.6 is 0 Å². The second-order valence-corrected chi connectivity index (χ2v) is 20.6. The molecule has 0 aliphatic heterocycles. The molecule has 0 N–H and O–H groups in total. The molecule has 0 radical (unpaired) electrons. The highest BCUT2D eigenvalue weighted by Crippen LogP contribution is 2.49. The second kappa shape index (κ2) is 17.2. The summed E-state index contributed by atoms with van der Waals surface area (Å²) >= 11 is 0. The molecule has 0 spiro atoms. The first-order valence-electron chi connectivity index (χ1n) is 26.6. The van der Waals surface area contributed by atoms with Crippen LogP contribution in [0.3, 0.4) is 0 Å². The maximum absolute atomic E-state index is 6.29. The van der Waals surface area contributed by atoms with E-state index in [-0.39, 0.29) is 0 Å². The van der Waals surface area contributed by atoms with Crippen molar-refractivity contribution in [3.05, 3.63) is 279 Å². The van der Waals surface area contributed by atoms with Gasteiger partial charge in [0.15, 0.2) is 0 Å². The lowest BCUT2D eigenvalue weighted by Crippen LogP contribution is -1.92. The predicted octanol–water partition coefficient (Wildman–Crippen LogP) is 21.7. The third-order valence-electron chi connectivity index (χ3n) is 16.4. The monoisotopic (exact) mass is 974 g/mol. The van der Waals surface area contributed by atoms with E-state index in [4.69, 9.17) is 4.42 Å². The third kappa shape index (κ3) is 6.88. The molecule has 0 fully saturated rings. The zero-order valence-electron chi connectivity index (χ0n) is 42.0. The number of hydrogen-bond acceptors (Lipinski definition) is 1. The molecule has 356 valence electrons. The van der Waals surface area contributed by atoms with Crippen molar-refractivity contribution in [2.24, 2.45) is 0 Å². The van der Waals surface area contributed by atoms with E-state index in [9.17, 15) is 0 Å². The Kier molecular flexibility index (Phi) is 9.71. The fourth-order valence-corrected chi connectivity index (χ4v) is 12.9. The Hall–Kier alpha value is -10.1. The molecule has 0 amide bonds. The summed E-state index contributed by atoms with van der Waals surface area (Å²) in [5.74, 6) is 0. The number of benzene rings is 15. The highest BCUT2D eigenvalue weighted by molar-refractivity contribution is 6.26. The Morgan fingerprint density at radius 1 is 0.169 bits per heavy atom. The molecule has 1 nitrogen and oxygen atoms in total. The van der Waals surface area contributed by atoms with E-state index in [1.165, 1.54) is 142 Å². The van der Waals surface area contributed by atoms with Crippen LogP contribution in [-0.2, 0) is 0 Å². The Morgan fingerprint density at radius 2 is 0.519 bits per heavy atom. The Morgan fingerprint density at radius 3 is 1.05 bits per heavy atom. The molecule has 77 heavy (non-hydrogen) atoms. The van der Waals surface area contributed by atoms with Crippen molar-refractivity contribution in [1.29, 1.82) is 0 Å². The van der Waals surface area contributed by atoms with E-state index in [0.717, 1.165) is 21.9 Å². The maximum atomic E-state index is 6.29. The van der Waals surface area contributed by atoms with Gasteiger partial charge >= 0.3 is 0 Å². The summed E-state index contributed by atoms with van der Waals surface area (Å²) in [6, 6.07) is 103. The summed E-state index contributed by atoms with van der Waals surface area (Å²) in [6.07, 6.45) is 0. The molecule has 15 aromatic carbocycles. The average molecular weight is 975 g/mol. The van der Waals surface area contributed by atoms with Gasteiger partial charge in [0.2, 0.25) is 0 Å². The zero-order valence-corrected chi connectivity index (χ0v) is 42.0. The van der Waals surface area contributed by atoms with Crippen LogP contribution in [-0.4, -0.2) is 0 Å². The van der Waals surface area contributed by atoms with E-state index in [2.05, 4.69) is 273 Å². The minimum absolute atomic E-state index is 0.904. The van der Waals surface area contributed by atoms with Gasteiger partial charge in [-0.05, 0) is 179 Å². The number of fused-ring (bicyclic) bond motifs is 10. The molecular formula is C76H46O. The molecule has 16 rings (SSSR count). The van der Waals surface area contributed by atoms with Crippen LogP contribution in [0.2, 0.25) is 0 Å². The van der Waals surface area contributed by atoms with Crippen LogP contribution in [0.5, 0.6) is 0 Å². The molecule has 1 heteroatoms. The Balaban J connectivity index is 0.842. The first-order valence-corrected chi connectivity index (χ1v) is 26.6. The topological polar surface area (TPSA) is 13.1 Å². The standard InChI is InChI=1S/C76H46O/c1-2-16-52-43-53(38-33-47(52)15-1)48-31-36-51(37-32-48)73-58-20-3-7-24-62(58)75(63-25-8-4-21-59(63)73)66-28-13-17-49-34-39-54(44-68(49)66)55-40-35-50-18-14-29-67(69(50)45-55)76-64-26-9-5-22-60(64)74(61-23-6-10-27-65(61)76)56-41-42-72-70(46-56)57-19-11-12-30-71(57)77-72/h1-46H. The van der Waals surface area contributed by atoms with Crippen molar-refractivity contribution >= 4 is 97.3 Å². The predicted molar refractivity (Wildman–Crippen MR) is 329 cm³/mol. The van der Waals surface area contributed by atoms with Crippen LogP contribution < -0.4 is 0 Å². The molecule has 0 saturated carbocycles. The van der Waals surface area contributed by atoms with Crippen molar-refractivity contribution in [2.75, 3.05) is 0 Å². The van der Waals surface area contributed by atoms with Gasteiger partial charge in [-0.1, -0.05) is 243 Å². The van der Waals surface area contributed by atoms with E-state index < -0.39 is 0 Å². The van der Waals surface area contributed by atoms with Crippen LogP contribution in [0.4, 0.5) is 0 Å². The lowest BCUT2D eigenvalue weighted by Gasteiger charge is -2.20. The van der Waals surface area contributed by atoms with Crippen LogP contribution in [0.15, 0.2) is 283 Å². The van der Waals surface area contributed by atoms with Gasteiger partial charge in [0.05, 0.1) is 0 Å². The molecular weight excluding hydrogens is 929 g/mol. The lowest BCUT2D eigenvalue weighted by molar-refractivity contribution is 0.669. The second-order valence-electron chi connectivity index (χ2n) is 20.6. The molecule has 0 aliphatic carbocycles. The van der Waals surface area contributed by atoms with Gasteiger partial charge in [-0.25, -0.2) is 0 Å². The molecule has 16 aromatic rings. The SMILES string of the molecule is c1ccc2cc(-c3ccc(-c4c5ccccc5c(-c5cccc6ccc(-c7ccc8cccc(-c9c%10ccccc%10c(-c%10ccc%11oc%12ccccc%12c%11c%10)c%10ccccc9%10)c8c7)cc56)c5ccccc45)cc3)ccc2c1. The summed E-state index contributed by atoms with van der Waals surface area (Å²) < 4.78 is 6.29. The number of para-hydroxylation sites is 1. The average Bonchev–Trinajstić information content (AvgIpc) is 3.99. The quantitative estimate of drug-likeness (QED) is 0.151. The Labute approximate surface area is 445 Å². The van der Waals surface area contributed by atoms with Crippen molar-refractivity contribution < 1.29 is 4.42 Å². The first kappa shape index (κ1) is 43.3. The molecule has 0 unspecified atom stereocenters. The lowest BCUT2D eigenvalue weighted by atomic mass is 9.83. The third-order valence-corrected chi connectivity index (χ3v) is 16.4. The van der Waals surface area contributed by atoms with Crippen LogP contribution in [0.1, 0.15) is 0 Å². The largest absolute Gasteiger partial charge is 0.456 e. The van der Waals surface area contributed by atoms with Gasteiger partial charge in [0, 0.05) is 10.8 Å². The fraction of sp³-hybridized carbons (Fsp3) is 0. The minimum atomic E-state index is 0.904. The summed E-state index contributed by atoms with van der Waals surface area (Å²) in [6.45, 7) is 0. The smallest absolute Gasteiger partial charge is 0.135 e. The number of hydrogen-bond donors (Lipinski definition) is 0. The normalized spacial score (nSPS) is 11.9. The van der Waals surface area contributed by atoms with E-state index in [1.807, 2.05) is 6.07 Å². The van der Waals surface area contributed by atoms with Gasteiger partial charge in [0.1, 0.15) is 11.2 Å². The van der Waals surface area contributed by atoms with Crippen molar-refractivity contribution in [1.82, 2.24) is 0 Å². The number of furan rings is 1. The zero-order chi connectivity index (χ0) is 50.6. The van der Waals surface area contributed by atoms with Crippen LogP contribution in [0.25, 0.3) is 164 Å². The van der Waals surface area contributed by atoms with E-state index >= 15 is 0 Å². The molecule has 0 saturated heterocycles. The van der Waals surface area contributed by atoms with Gasteiger partial charge in [-0.2, -0.15) is 0 Å². The summed E-state index contributed by atoms with van der Waals surface area (Å²) in [5.41, 5.74) is 16.5. The highest BCUT2D eigenvalue weighted by Gasteiger charge is 2.21. The minimum Gasteiger partial charge on any atom is -0.456 e. The van der Waals surface area contributed by atoms with Crippen LogP contribution in [0, 0.1) is 0 Å². The first-order chi connectivity index (χ1) is 38.2. The number of rotatable bonds is 6. The molecule has 0 aliphatic rings.